The van der Waals surface area contributed by atoms with E-state index < -0.39 is 0 Å². The van der Waals surface area contributed by atoms with E-state index in [1.807, 2.05) is 6.92 Å². The summed E-state index contributed by atoms with van der Waals surface area (Å²) in [5, 5.41) is 1.28. The Morgan fingerprint density at radius 2 is 2.07 bits per heavy atom. The Bertz CT molecular complexity index is 466. The monoisotopic (exact) mass is 188 g/mol. The van der Waals surface area contributed by atoms with Crippen molar-refractivity contribution in [2.24, 2.45) is 12.8 Å². The minimum absolute atomic E-state index is 0.0977. The SMILES string of the molecule is Cc1cc2c(C(C)N)cccc2n1C. The van der Waals surface area contributed by atoms with E-state index in [2.05, 4.69) is 42.8 Å². The van der Waals surface area contributed by atoms with Gasteiger partial charge < -0.3 is 10.3 Å². The summed E-state index contributed by atoms with van der Waals surface area (Å²) >= 11 is 0. The van der Waals surface area contributed by atoms with Gasteiger partial charge in [0.2, 0.25) is 0 Å². The Kier molecular flexibility index (Phi) is 2.08. The molecule has 0 aliphatic rings. The molecule has 1 aromatic heterocycles. The van der Waals surface area contributed by atoms with Gasteiger partial charge in [-0.05, 0) is 31.5 Å². The van der Waals surface area contributed by atoms with Gasteiger partial charge in [0.05, 0.1) is 0 Å². The van der Waals surface area contributed by atoms with Crippen molar-refractivity contribution in [1.82, 2.24) is 4.57 Å². The van der Waals surface area contributed by atoms with Crippen LogP contribution >= 0.6 is 0 Å². The minimum Gasteiger partial charge on any atom is -0.348 e. The maximum atomic E-state index is 5.93. The molecule has 0 aliphatic heterocycles. The van der Waals surface area contributed by atoms with Crippen molar-refractivity contribution in [3.05, 3.63) is 35.5 Å². The van der Waals surface area contributed by atoms with Crippen LogP contribution in [0.1, 0.15) is 24.2 Å². The summed E-state index contributed by atoms with van der Waals surface area (Å²) in [6, 6.07) is 8.61. The lowest BCUT2D eigenvalue weighted by Gasteiger charge is -2.07. The van der Waals surface area contributed by atoms with E-state index >= 15 is 0 Å². The molecule has 0 aliphatic carbocycles. The molecule has 0 fully saturated rings. The lowest BCUT2D eigenvalue weighted by Crippen LogP contribution is -2.05. The third-order valence-corrected chi connectivity index (χ3v) is 2.85. The Labute approximate surface area is 84.3 Å². The quantitative estimate of drug-likeness (QED) is 0.732. The lowest BCUT2D eigenvalue weighted by atomic mass is 10.0. The van der Waals surface area contributed by atoms with Gasteiger partial charge >= 0.3 is 0 Å². The first-order valence-corrected chi connectivity index (χ1v) is 4.92. The number of benzene rings is 1. The normalized spacial score (nSPS) is 13.4. The highest BCUT2D eigenvalue weighted by Crippen LogP contribution is 2.25. The summed E-state index contributed by atoms with van der Waals surface area (Å²) in [4.78, 5) is 0. The predicted molar refractivity (Wildman–Crippen MR) is 60.3 cm³/mol. The number of aryl methyl sites for hydroxylation is 2. The van der Waals surface area contributed by atoms with Gasteiger partial charge in [-0.2, -0.15) is 0 Å². The number of rotatable bonds is 1. The van der Waals surface area contributed by atoms with Crippen molar-refractivity contribution in [3.8, 4) is 0 Å². The molecule has 1 heterocycles. The van der Waals surface area contributed by atoms with Gasteiger partial charge in [0.25, 0.3) is 0 Å². The van der Waals surface area contributed by atoms with Gasteiger partial charge in [0.1, 0.15) is 0 Å². The molecule has 0 amide bonds. The van der Waals surface area contributed by atoms with E-state index in [0.717, 1.165) is 0 Å². The average molecular weight is 188 g/mol. The van der Waals surface area contributed by atoms with Gasteiger partial charge in [0.15, 0.2) is 0 Å². The fraction of sp³-hybridized carbons (Fsp3) is 0.333. The van der Waals surface area contributed by atoms with Crippen LogP contribution in [-0.2, 0) is 7.05 Å². The third-order valence-electron chi connectivity index (χ3n) is 2.85. The topological polar surface area (TPSA) is 30.9 Å². The Hall–Kier alpha value is -1.28. The van der Waals surface area contributed by atoms with E-state index in [-0.39, 0.29) is 6.04 Å². The molecule has 0 radical (unpaired) electrons. The molecule has 0 saturated carbocycles. The van der Waals surface area contributed by atoms with Crippen molar-refractivity contribution in [2.45, 2.75) is 19.9 Å². The molecule has 0 spiro atoms. The minimum atomic E-state index is 0.0977. The van der Waals surface area contributed by atoms with Crippen molar-refractivity contribution in [2.75, 3.05) is 0 Å². The first-order valence-electron chi connectivity index (χ1n) is 4.92. The maximum Gasteiger partial charge on any atom is 0.0483 e. The molecule has 1 aromatic carbocycles. The van der Waals surface area contributed by atoms with Crippen molar-refractivity contribution >= 4 is 10.9 Å². The fourth-order valence-corrected chi connectivity index (χ4v) is 1.91. The van der Waals surface area contributed by atoms with E-state index in [0.29, 0.717) is 0 Å². The zero-order valence-electron chi connectivity index (χ0n) is 8.91. The molecule has 2 heteroatoms. The summed E-state index contributed by atoms with van der Waals surface area (Å²) in [6.45, 7) is 4.14. The first kappa shape index (κ1) is 9.28. The van der Waals surface area contributed by atoms with Crippen LogP contribution < -0.4 is 5.73 Å². The van der Waals surface area contributed by atoms with Crippen molar-refractivity contribution in [1.29, 1.82) is 0 Å². The van der Waals surface area contributed by atoms with Crippen LogP contribution in [0.15, 0.2) is 24.3 Å². The van der Waals surface area contributed by atoms with Gasteiger partial charge in [0, 0.05) is 29.7 Å². The molecular formula is C12H16N2. The highest BCUT2D eigenvalue weighted by atomic mass is 14.9. The van der Waals surface area contributed by atoms with E-state index in [1.54, 1.807) is 0 Å². The average Bonchev–Trinajstić information content (AvgIpc) is 2.43. The number of aromatic nitrogens is 1. The highest BCUT2D eigenvalue weighted by molar-refractivity contribution is 5.85. The van der Waals surface area contributed by atoms with Crippen LogP contribution in [0.3, 0.4) is 0 Å². The standard InChI is InChI=1S/C12H16N2/c1-8-7-11-10(9(2)13)5-4-6-12(11)14(8)3/h4-7,9H,13H2,1-3H3. The molecule has 0 bridgehead atoms. The summed E-state index contributed by atoms with van der Waals surface area (Å²) in [6.07, 6.45) is 0. The highest BCUT2D eigenvalue weighted by Gasteiger charge is 2.08. The first-order chi connectivity index (χ1) is 6.61. The second-order valence-electron chi connectivity index (χ2n) is 3.91. The second-order valence-corrected chi connectivity index (χ2v) is 3.91. The maximum absolute atomic E-state index is 5.93. The largest absolute Gasteiger partial charge is 0.348 e. The zero-order valence-corrected chi connectivity index (χ0v) is 8.91. The third kappa shape index (κ3) is 1.23. The van der Waals surface area contributed by atoms with Crippen LogP contribution in [0.2, 0.25) is 0 Å². The summed E-state index contributed by atoms with van der Waals surface area (Å²) in [5.74, 6) is 0. The summed E-state index contributed by atoms with van der Waals surface area (Å²) < 4.78 is 2.20. The molecule has 1 unspecified atom stereocenters. The number of hydrogen-bond acceptors (Lipinski definition) is 1. The number of fused-ring (bicyclic) bond motifs is 1. The Morgan fingerprint density at radius 1 is 1.36 bits per heavy atom. The second kappa shape index (κ2) is 3.14. The van der Waals surface area contributed by atoms with E-state index in [4.69, 9.17) is 5.73 Å². The number of hydrogen-bond donors (Lipinski definition) is 1. The van der Waals surface area contributed by atoms with Crippen LogP contribution in [-0.4, -0.2) is 4.57 Å². The number of nitrogens with two attached hydrogens (primary N) is 1. The van der Waals surface area contributed by atoms with Gasteiger partial charge in [-0.25, -0.2) is 0 Å². The molecular weight excluding hydrogens is 172 g/mol. The summed E-state index contributed by atoms with van der Waals surface area (Å²) in [5.41, 5.74) is 9.69. The van der Waals surface area contributed by atoms with Crippen LogP contribution in [0.25, 0.3) is 10.9 Å². The molecule has 74 valence electrons. The van der Waals surface area contributed by atoms with Crippen LogP contribution in [0.4, 0.5) is 0 Å². The van der Waals surface area contributed by atoms with Crippen LogP contribution in [0.5, 0.6) is 0 Å². The number of nitrogens with zero attached hydrogens (tertiary/aromatic N) is 1. The summed E-state index contributed by atoms with van der Waals surface area (Å²) in [7, 11) is 2.09. The molecule has 2 rings (SSSR count). The molecule has 2 nitrogen and oxygen atoms in total. The van der Waals surface area contributed by atoms with Gasteiger partial charge in [-0.1, -0.05) is 12.1 Å². The zero-order chi connectivity index (χ0) is 10.3. The predicted octanol–water partition coefficient (Wildman–Crippen LogP) is 2.51. The Balaban J connectivity index is 2.81. The molecule has 1 atom stereocenters. The molecule has 2 aromatic rings. The van der Waals surface area contributed by atoms with Crippen molar-refractivity contribution in [3.63, 3.8) is 0 Å². The van der Waals surface area contributed by atoms with Crippen LogP contribution in [0, 0.1) is 6.92 Å². The van der Waals surface area contributed by atoms with Gasteiger partial charge in [-0.3, -0.25) is 0 Å². The Morgan fingerprint density at radius 3 is 2.71 bits per heavy atom. The smallest absolute Gasteiger partial charge is 0.0483 e. The van der Waals surface area contributed by atoms with Gasteiger partial charge in [-0.15, -0.1) is 0 Å². The fourth-order valence-electron chi connectivity index (χ4n) is 1.91. The van der Waals surface area contributed by atoms with E-state index in [9.17, 15) is 0 Å². The molecule has 14 heavy (non-hydrogen) atoms. The van der Waals surface area contributed by atoms with E-state index in [1.165, 1.54) is 22.2 Å². The molecule has 0 saturated heterocycles. The van der Waals surface area contributed by atoms with Crippen molar-refractivity contribution < 1.29 is 0 Å². The molecule has 2 N–H and O–H groups in total. The lowest BCUT2D eigenvalue weighted by molar-refractivity contribution is 0.826.